The molecule has 0 saturated heterocycles. The third-order valence-electron chi connectivity index (χ3n) is 4.29. The van der Waals surface area contributed by atoms with Crippen molar-refractivity contribution in [1.29, 1.82) is 0 Å². The van der Waals surface area contributed by atoms with Crippen LogP contribution in [0.15, 0.2) is 60.7 Å². The fourth-order valence-electron chi connectivity index (χ4n) is 2.91. The second-order valence-corrected chi connectivity index (χ2v) is 6.01. The Morgan fingerprint density at radius 2 is 1.72 bits per heavy atom. The van der Waals surface area contributed by atoms with Crippen LogP contribution in [0.25, 0.3) is 16.9 Å². The molecular formula is C21H23N3O. The molecule has 4 nitrogen and oxygen atoms in total. The first-order valence-electron chi connectivity index (χ1n) is 8.65. The van der Waals surface area contributed by atoms with Crippen LogP contribution in [0.5, 0.6) is 0 Å². The maximum Gasteiger partial charge on any atom is 0.272 e. The lowest BCUT2D eigenvalue weighted by molar-refractivity contribution is 0.0764. The smallest absolute Gasteiger partial charge is 0.272 e. The van der Waals surface area contributed by atoms with Crippen molar-refractivity contribution < 1.29 is 4.79 Å². The summed E-state index contributed by atoms with van der Waals surface area (Å²) in [6, 6.07) is 19.9. The van der Waals surface area contributed by atoms with Crippen molar-refractivity contribution in [3.05, 3.63) is 71.9 Å². The van der Waals surface area contributed by atoms with Gasteiger partial charge < -0.3 is 4.90 Å². The Kier molecular flexibility index (Phi) is 4.98. The third kappa shape index (κ3) is 3.48. The van der Waals surface area contributed by atoms with Gasteiger partial charge >= 0.3 is 0 Å². The van der Waals surface area contributed by atoms with Gasteiger partial charge in [-0.3, -0.25) is 4.79 Å². The summed E-state index contributed by atoms with van der Waals surface area (Å²) in [5, 5.41) is 4.73. The molecule has 0 aliphatic rings. The topological polar surface area (TPSA) is 38.1 Å². The minimum absolute atomic E-state index is 0.00110. The van der Waals surface area contributed by atoms with Crippen LogP contribution in [0.4, 0.5) is 0 Å². The number of hydrogen-bond acceptors (Lipinski definition) is 2. The van der Waals surface area contributed by atoms with Gasteiger partial charge in [0, 0.05) is 18.7 Å². The zero-order valence-corrected chi connectivity index (χ0v) is 14.9. The standard InChI is InChI=1S/C21H23N3O/c1-4-23(5-2)21(25)20-15-19(17-11-7-6-8-12-17)22-24(20)18-13-9-10-16(3)14-18/h6-15H,4-5H2,1-3H3. The molecule has 1 amide bonds. The number of hydrogen-bond donors (Lipinski definition) is 0. The van der Waals surface area contributed by atoms with Gasteiger partial charge in [-0.1, -0.05) is 42.5 Å². The van der Waals surface area contributed by atoms with E-state index in [1.165, 1.54) is 0 Å². The van der Waals surface area contributed by atoms with Gasteiger partial charge in [-0.05, 0) is 44.5 Å². The molecule has 25 heavy (non-hydrogen) atoms. The third-order valence-corrected chi connectivity index (χ3v) is 4.29. The molecule has 0 aliphatic heterocycles. The van der Waals surface area contributed by atoms with Crippen LogP contribution in [0.1, 0.15) is 29.9 Å². The van der Waals surface area contributed by atoms with Crippen LogP contribution in [-0.4, -0.2) is 33.7 Å². The summed E-state index contributed by atoms with van der Waals surface area (Å²) in [4.78, 5) is 14.8. The number of carbonyl (C=O) groups is 1. The Morgan fingerprint density at radius 1 is 1.00 bits per heavy atom. The highest BCUT2D eigenvalue weighted by Gasteiger charge is 2.21. The highest BCUT2D eigenvalue weighted by Crippen LogP contribution is 2.23. The number of nitrogens with zero attached hydrogens (tertiary/aromatic N) is 3. The fraction of sp³-hybridized carbons (Fsp3) is 0.238. The van der Waals surface area contributed by atoms with Crippen LogP contribution >= 0.6 is 0 Å². The van der Waals surface area contributed by atoms with E-state index in [-0.39, 0.29) is 5.91 Å². The summed E-state index contributed by atoms with van der Waals surface area (Å²) in [7, 11) is 0. The molecule has 0 fully saturated rings. The largest absolute Gasteiger partial charge is 0.338 e. The molecule has 128 valence electrons. The highest BCUT2D eigenvalue weighted by molar-refractivity contribution is 5.94. The molecule has 0 N–H and O–H groups in total. The van der Waals surface area contributed by atoms with Crippen LogP contribution in [-0.2, 0) is 0 Å². The summed E-state index contributed by atoms with van der Waals surface area (Å²) in [6.45, 7) is 7.38. The fourth-order valence-corrected chi connectivity index (χ4v) is 2.91. The molecule has 0 atom stereocenters. The minimum Gasteiger partial charge on any atom is -0.338 e. The Labute approximate surface area is 148 Å². The van der Waals surface area contributed by atoms with E-state index in [1.54, 1.807) is 4.68 Å². The molecule has 0 aliphatic carbocycles. The van der Waals surface area contributed by atoms with Crippen molar-refractivity contribution >= 4 is 5.91 Å². The van der Waals surface area contributed by atoms with Gasteiger partial charge in [-0.2, -0.15) is 5.10 Å². The molecule has 1 aromatic heterocycles. The maximum atomic E-state index is 13.0. The molecule has 0 radical (unpaired) electrons. The van der Waals surface area contributed by atoms with E-state index in [0.29, 0.717) is 18.8 Å². The van der Waals surface area contributed by atoms with E-state index in [1.807, 2.05) is 86.3 Å². The summed E-state index contributed by atoms with van der Waals surface area (Å²) in [6.07, 6.45) is 0. The van der Waals surface area contributed by atoms with Gasteiger partial charge in [-0.15, -0.1) is 0 Å². The van der Waals surface area contributed by atoms with E-state index in [9.17, 15) is 4.79 Å². The predicted molar refractivity (Wildman–Crippen MR) is 101 cm³/mol. The van der Waals surface area contributed by atoms with Gasteiger partial charge in [-0.25, -0.2) is 4.68 Å². The van der Waals surface area contributed by atoms with Crippen molar-refractivity contribution in [2.24, 2.45) is 0 Å². The molecule has 3 aromatic rings. The maximum absolute atomic E-state index is 13.0. The zero-order valence-electron chi connectivity index (χ0n) is 14.9. The molecule has 0 saturated carbocycles. The quantitative estimate of drug-likeness (QED) is 0.697. The van der Waals surface area contributed by atoms with Gasteiger partial charge in [0.25, 0.3) is 5.91 Å². The molecule has 0 spiro atoms. The van der Waals surface area contributed by atoms with Crippen molar-refractivity contribution in [3.8, 4) is 16.9 Å². The molecular weight excluding hydrogens is 310 g/mol. The number of aromatic nitrogens is 2. The molecule has 1 heterocycles. The molecule has 2 aromatic carbocycles. The van der Waals surface area contributed by atoms with Crippen LogP contribution in [0.3, 0.4) is 0 Å². The average Bonchev–Trinajstić information content (AvgIpc) is 3.09. The zero-order chi connectivity index (χ0) is 17.8. The SMILES string of the molecule is CCN(CC)C(=O)c1cc(-c2ccccc2)nn1-c1cccc(C)c1. The summed E-state index contributed by atoms with van der Waals surface area (Å²) in [5.74, 6) is 0.00110. The van der Waals surface area contributed by atoms with Gasteiger partial charge in [0.15, 0.2) is 0 Å². The van der Waals surface area contributed by atoms with Gasteiger partial charge in [0.05, 0.1) is 11.4 Å². The molecule has 0 unspecified atom stereocenters. The van der Waals surface area contributed by atoms with E-state index >= 15 is 0 Å². The number of aryl methyl sites for hydroxylation is 1. The van der Waals surface area contributed by atoms with Crippen molar-refractivity contribution in [2.75, 3.05) is 13.1 Å². The van der Waals surface area contributed by atoms with E-state index in [2.05, 4.69) is 0 Å². The second kappa shape index (κ2) is 7.34. The van der Waals surface area contributed by atoms with Crippen LogP contribution < -0.4 is 0 Å². The first kappa shape index (κ1) is 17.0. The van der Waals surface area contributed by atoms with Crippen molar-refractivity contribution in [3.63, 3.8) is 0 Å². The lowest BCUT2D eigenvalue weighted by Crippen LogP contribution is -2.32. The molecule has 4 heteroatoms. The summed E-state index contributed by atoms with van der Waals surface area (Å²) < 4.78 is 1.76. The Bertz CT molecular complexity index is 864. The number of rotatable bonds is 5. The predicted octanol–water partition coefficient (Wildman–Crippen LogP) is 4.33. The van der Waals surface area contributed by atoms with Crippen molar-refractivity contribution in [2.45, 2.75) is 20.8 Å². The first-order valence-corrected chi connectivity index (χ1v) is 8.65. The number of amides is 1. The first-order chi connectivity index (χ1) is 12.1. The average molecular weight is 333 g/mol. The Hall–Kier alpha value is -2.88. The molecule has 0 bridgehead atoms. The minimum atomic E-state index is 0.00110. The lowest BCUT2D eigenvalue weighted by Gasteiger charge is -2.19. The summed E-state index contributed by atoms with van der Waals surface area (Å²) in [5.41, 5.74) is 4.43. The van der Waals surface area contributed by atoms with E-state index in [0.717, 1.165) is 22.5 Å². The lowest BCUT2D eigenvalue weighted by atomic mass is 10.1. The van der Waals surface area contributed by atoms with Crippen LogP contribution in [0.2, 0.25) is 0 Å². The van der Waals surface area contributed by atoms with Crippen molar-refractivity contribution in [1.82, 2.24) is 14.7 Å². The number of carbonyl (C=O) groups excluding carboxylic acids is 1. The Morgan fingerprint density at radius 3 is 2.36 bits per heavy atom. The second-order valence-electron chi connectivity index (χ2n) is 6.01. The van der Waals surface area contributed by atoms with Crippen LogP contribution in [0, 0.1) is 6.92 Å². The van der Waals surface area contributed by atoms with Gasteiger partial charge in [0.1, 0.15) is 5.69 Å². The monoisotopic (exact) mass is 333 g/mol. The summed E-state index contributed by atoms with van der Waals surface area (Å²) >= 11 is 0. The number of benzene rings is 2. The van der Waals surface area contributed by atoms with Gasteiger partial charge in [0.2, 0.25) is 0 Å². The highest BCUT2D eigenvalue weighted by atomic mass is 16.2. The Balaban J connectivity index is 2.14. The molecule has 3 rings (SSSR count). The van der Waals surface area contributed by atoms with E-state index < -0.39 is 0 Å². The van der Waals surface area contributed by atoms with E-state index in [4.69, 9.17) is 5.10 Å². The normalized spacial score (nSPS) is 10.7.